The van der Waals surface area contributed by atoms with Crippen LogP contribution in [-0.4, -0.2) is 9.97 Å². The zero-order valence-electron chi connectivity index (χ0n) is 23.3. The van der Waals surface area contributed by atoms with Crippen LogP contribution >= 0.6 is 0 Å². The highest BCUT2D eigenvalue weighted by atomic mass is 16.3. The Hall–Kier alpha value is -3.72. The number of benzene rings is 4. The van der Waals surface area contributed by atoms with Crippen LogP contribution in [0.15, 0.2) is 71.1 Å². The van der Waals surface area contributed by atoms with Crippen molar-refractivity contribution in [2.75, 3.05) is 0 Å². The maximum absolute atomic E-state index is 6.44. The van der Waals surface area contributed by atoms with Crippen molar-refractivity contribution in [2.24, 2.45) is 11.8 Å². The lowest BCUT2D eigenvalue weighted by molar-refractivity contribution is 0.638. The largest absolute Gasteiger partial charge is 0.455 e. The summed E-state index contributed by atoms with van der Waals surface area (Å²) in [6, 6.07) is 23.9. The van der Waals surface area contributed by atoms with Gasteiger partial charge in [0.2, 0.25) is 0 Å². The van der Waals surface area contributed by atoms with Crippen LogP contribution in [0.3, 0.4) is 0 Å². The van der Waals surface area contributed by atoms with Gasteiger partial charge >= 0.3 is 0 Å². The first-order chi connectivity index (χ1) is 18.3. The Morgan fingerprint density at radius 3 is 2.24 bits per heavy atom. The van der Waals surface area contributed by atoms with Crippen molar-refractivity contribution < 1.29 is 4.42 Å². The fraction of sp³-hybridized carbons (Fsp3) is 0.314. The van der Waals surface area contributed by atoms with Crippen molar-refractivity contribution in [3.05, 3.63) is 83.7 Å². The molecule has 0 aliphatic heterocycles. The molecule has 0 saturated heterocycles. The van der Waals surface area contributed by atoms with Crippen LogP contribution in [0.5, 0.6) is 0 Å². The minimum Gasteiger partial charge on any atom is -0.455 e. The molecule has 6 rings (SSSR count). The predicted molar refractivity (Wildman–Crippen MR) is 161 cm³/mol. The lowest BCUT2D eigenvalue weighted by Gasteiger charge is -2.17. The smallest absolute Gasteiger partial charge is 0.144 e. The van der Waals surface area contributed by atoms with E-state index in [0.29, 0.717) is 11.8 Å². The summed E-state index contributed by atoms with van der Waals surface area (Å²) in [4.78, 5) is 10.4. The standard InChI is InChI=1S/C35H36N2O/c1-20(2)16-23-18-24-14-15-28-32(29-12-9-11-27-26-10-7-8-13-30(26)38-34(27)29)36-35(22(5)6)37-33(28)31(24)25(19-23)17-21(3)4/h7-15,18-22H,16-17H2,1-6H3. The molecule has 0 aliphatic carbocycles. The quantitative estimate of drug-likeness (QED) is 0.214. The summed E-state index contributed by atoms with van der Waals surface area (Å²) in [6.07, 6.45) is 2.11. The van der Waals surface area contributed by atoms with Gasteiger partial charge in [-0.2, -0.15) is 0 Å². The summed E-state index contributed by atoms with van der Waals surface area (Å²) in [5.41, 5.74) is 7.61. The Labute approximate surface area is 224 Å². The summed E-state index contributed by atoms with van der Waals surface area (Å²) < 4.78 is 6.44. The van der Waals surface area contributed by atoms with E-state index < -0.39 is 0 Å². The molecule has 0 aliphatic rings. The highest BCUT2D eigenvalue weighted by molar-refractivity contribution is 6.15. The summed E-state index contributed by atoms with van der Waals surface area (Å²) in [5.74, 6) is 2.25. The highest BCUT2D eigenvalue weighted by Gasteiger charge is 2.20. The monoisotopic (exact) mass is 500 g/mol. The van der Waals surface area contributed by atoms with Gasteiger partial charge in [0.15, 0.2) is 0 Å². The van der Waals surface area contributed by atoms with E-state index in [1.165, 1.54) is 21.9 Å². The number of furan rings is 1. The lowest BCUT2D eigenvalue weighted by Crippen LogP contribution is -2.04. The van der Waals surface area contributed by atoms with Crippen molar-refractivity contribution >= 4 is 43.6 Å². The Morgan fingerprint density at radius 1 is 0.711 bits per heavy atom. The van der Waals surface area contributed by atoms with Crippen molar-refractivity contribution in [1.82, 2.24) is 9.97 Å². The van der Waals surface area contributed by atoms with E-state index in [1.54, 1.807) is 0 Å². The summed E-state index contributed by atoms with van der Waals surface area (Å²) in [7, 11) is 0. The van der Waals surface area contributed by atoms with Crippen LogP contribution in [0, 0.1) is 11.8 Å². The van der Waals surface area contributed by atoms with Crippen molar-refractivity contribution in [3.63, 3.8) is 0 Å². The number of hydrogen-bond donors (Lipinski definition) is 0. The molecule has 0 bridgehead atoms. The number of para-hydroxylation sites is 2. The van der Waals surface area contributed by atoms with Gasteiger partial charge in [-0.3, -0.25) is 0 Å². The molecule has 192 valence electrons. The van der Waals surface area contributed by atoms with E-state index in [-0.39, 0.29) is 5.92 Å². The van der Waals surface area contributed by atoms with Gasteiger partial charge in [0.1, 0.15) is 17.0 Å². The minimum atomic E-state index is 0.206. The van der Waals surface area contributed by atoms with Gasteiger partial charge in [0.25, 0.3) is 0 Å². The molecule has 0 spiro atoms. The van der Waals surface area contributed by atoms with Crippen LogP contribution in [0.1, 0.15) is 64.4 Å². The fourth-order valence-corrected chi connectivity index (χ4v) is 5.81. The average Bonchev–Trinajstić information content (AvgIpc) is 3.26. The average molecular weight is 501 g/mol. The second kappa shape index (κ2) is 9.54. The Morgan fingerprint density at radius 2 is 1.47 bits per heavy atom. The lowest BCUT2D eigenvalue weighted by atomic mass is 9.90. The maximum atomic E-state index is 6.44. The van der Waals surface area contributed by atoms with Gasteiger partial charge in [0.05, 0.1) is 11.2 Å². The molecule has 0 N–H and O–H groups in total. The van der Waals surface area contributed by atoms with Crippen LogP contribution < -0.4 is 0 Å². The second-order valence-electron chi connectivity index (χ2n) is 11.9. The Kier molecular flexibility index (Phi) is 6.18. The molecule has 38 heavy (non-hydrogen) atoms. The van der Waals surface area contributed by atoms with E-state index in [0.717, 1.165) is 62.8 Å². The van der Waals surface area contributed by atoms with Crippen molar-refractivity contribution in [3.8, 4) is 11.3 Å². The van der Waals surface area contributed by atoms with E-state index >= 15 is 0 Å². The first-order valence-corrected chi connectivity index (χ1v) is 14.0. The van der Waals surface area contributed by atoms with Crippen LogP contribution in [0.4, 0.5) is 0 Å². The molecule has 2 heterocycles. The van der Waals surface area contributed by atoms with Gasteiger partial charge in [-0.1, -0.05) is 90.1 Å². The van der Waals surface area contributed by atoms with E-state index in [4.69, 9.17) is 14.4 Å². The molecule has 0 saturated carbocycles. The Bertz CT molecular complexity index is 1810. The zero-order chi connectivity index (χ0) is 26.6. The number of aromatic nitrogens is 2. The SMILES string of the molecule is CC(C)Cc1cc(CC(C)C)c2c(ccc3c(-c4cccc5c4oc4ccccc45)nc(C(C)C)nc32)c1. The molecule has 0 amide bonds. The fourth-order valence-electron chi connectivity index (χ4n) is 5.81. The normalized spacial score (nSPS) is 12.3. The summed E-state index contributed by atoms with van der Waals surface area (Å²) in [6.45, 7) is 13.5. The van der Waals surface area contributed by atoms with Gasteiger partial charge in [0, 0.05) is 33.0 Å². The first-order valence-electron chi connectivity index (χ1n) is 14.0. The molecule has 4 aromatic carbocycles. The Balaban J connectivity index is 1.71. The minimum absolute atomic E-state index is 0.206. The van der Waals surface area contributed by atoms with Gasteiger partial charge < -0.3 is 4.42 Å². The van der Waals surface area contributed by atoms with Crippen LogP contribution in [-0.2, 0) is 12.8 Å². The van der Waals surface area contributed by atoms with Gasteiger partial charge in [-0.05, 0) is 59.4 Å². The molecule has 0 radical (unpaired) electrons. The first kappa shape index (κ1) is 24.6. The maximum Gasteiger partial charge on any atom is 0.144 e. The molecule has 6 aromatic rings. The molecular formula is C35H36N2O. The molecule has 3 nitrogen and oxygen atoms in total. The highest BCUT2D eigenvalue weighted by Crippen LogP contribution is 2.40. The number of fused-ring (bicyclic) bond motifs is 6. The number of rotatable bonds is 6. The van der Waals surface area contributed by atoms with E-state index in [1.807, 2.05) is 12.1 Å². The van der Waals surface area contributed by atoms with Gasteiger partial charge in [-0.25, -0.2) is 9.97 Å². The van der Waals surface area contributed by atoms with E-state index in [2.05, 4.69) is 96.1 Å². The van der Waals surface area contributed by atoms with Crippen LogP contribution in [0.25, 0.3) is 54.9 Å². The molecule has 0 atom stereocenters. The van der Waals surface area contributed by atoms with Crippen LogP contribution in [0.2, 0.25) is 0 Å². The van der Waals surface area contributed by atoms with E-state index in [9.17, 15) is 0 Å². The predicted octanol–water partition coefficient (Wildman–Crippen LogP) is 9.87. The number of hydrogen-bond acceptors (Lipinski definition) is 3. The second-order valence-corrected chi connectivity index (χ2v) is 11.9. The summed E-state index contributed by atoms with van der Waals surface area (Å²) >= 11 is 0. The summed E-state index contributed by atoms with van der Waals surface area (Å²) in [5, 5.41) is 5.87. The molecule has 0 fully saturated rings. The molecule has 2 aromatic heterocycles. The molecule has 0 unspecified atom stereocenters. The third kappa shape index (κ3) is 4.24. The topological polar surface area (TPSA) is 38.9 Å². The number of nitrogens with zero attached hydrogens (tertiary/aromatic N) is 2. The third-order valence-electron chi connectivity index (χ3n) is 7.39. The van der Waals surface area contributed by atoms with Crippen molar-refractivity contribution in [1.29, 1.82) is 0 Å². The molecule has 3 heteroatoms. The van der Waals surface area contributed by atoms with Gasteiger partial charge in [-0.15, -0.1) is 0 Å². The zero-order valence-corrected chi connectivity index (χ0v) is 23.3. The third-order valence-corrected chi connectivity index (χ3v) is 7.39. The van der Waals surface area contributed by atoms with Crippen molar-refractivity contribution in [2.45, 2.75) is 60.3 Å². The molecular weight excluding hydrogens is 464 g/mol.